The van der Waals surface area contributed by atoms with E-state index < -0.39 is 0 Å². The van der Waals surface area contributed by atoms with Crippen LogP contribution in [0.3, 0.4) is 0 Å². The summed E-state index contributed by atoms with van der Waals surface area (Å²) in [5.74, 6) is 1.11. The Morgan fingerprint density at radius 2 is 1.90 bits per heavy atom. The van der Waals surface area contributed by atoms with Gasteiger partial charge in [-0.15, -0.1) is 0 Å². The van der Waals surface area contributed by atoms with Crippen molar-refractivity contribution in [2.24, 2.45) is 0 Å². The molecule has 1 fully saturated rings. The minimum absolute atomic E-state index is 0.0104. The van der Waals surface area contributed by atoms with Crippen LogP contribution in [0.2, 0.25) is 0 Å². The molecule has 1 heterocycles. The highest BCUT2D eigenvalue weighted by molar-refractivity contribution is 5.78. The fourth-order valence-corrected chi connectivity index (χ4v) is 3.59. The molecule has 0 aromatic heterocycles. The molecule has 0 unspecified atom stereocenters. The number of nitrogens with zero attached hydrogens (tertiary/aromatic N) is 1. The van der Waals surface area contributed by atoms with Crippen LogP contribution in [-0.2, 0) is 11.3 Å². The van der Waals surface area contributed by atoms with Crippen LogP contribution < -0.4 is 14.8 Å². The maximum atomic E-state index is 12.3. The zero-order valence-electron chi connectivity index (χ0n) is 17.3. The van der Waals surface area contributed by atoms with Gasteiger partial charge < -0.3 is 14.8 Å². The van der Waals surface area contributed by atoms with Gasteiger partial charge in [0.2, 0.25) is 0 Å². The van der Waals surface area contributed by atoms with Crippen molar-refractivity contribution < 1.29 is 14.3 Å². The van der Waals surface area contributed by atoms with Crippen molar-refractivity contribution >= 4 is 12.0 Å². The van der Waals surface area contributed by atoms with Gasteiger partial charge in [0.15, 0.2) is 18.1 Å². The van der Waals surface area contributed by atoms with Crippen LogP contribution in [0.4, 0.5) is 0 Å². The summed E-state index contributed by atoms with van der Waals surface area (Å²) >= 11 is 0. The molecule has 0 bridgehead atoms. The van der Waals surface area contributed by atoms with E-state index in [-0.39, 0.29) is 18.6 Å². The topological polar surface area (TPSA) is 50.8 Å². The molecule has 1 N–H and O–H groups in total. The first-order valence-corrected chi connectivity index (χ1v) is 10.2. The van der Waals surface area contributed by atoms with Gasteiger partial charge in [-0.05, 0) is 43.0 Å². The molecule has 0 spiro atoms. The zero-order valence-corrected chi connectivity index (χ0v) is 17.3. The first-order valence-electron chi connectivity index (χ1n) is 10.2. The number of nitrogens with one attached hydrogen (secondary N) is 1. The summed E-state index contributed by atoms with van der Waals surface area (Å²) in [4.78, 5) is 14.8. The summed E-state index contributed by atoms with van der Waals surface area (Å²) in [6, 6.07) is 16.4. The van der Waals surface area contributed by atoms with E-state index in [0.29, 0.717) is 11.5 Å². The molecule has 5 heteroatoms. The molecule has 29 heavy (non-hydrogen) atoms. The van der Waals surface area contributed by atoms with Gasteiger partial charge in [0.1, 0.15) is 0 Å². The molecule has 2 aromatic rings. The molecule has 1 saturated heterocycles. The molecule has 0 atom stereocenters. The monoisotopic (exact) mass is 394 g/mol. The van der Waals surface area contributed by atoms with Crippen molar-refractivity contribution in [1.82, 2.24) is 10.2 Å². The third kappa shape index (κ3) is 6.36. The Labute approximate surface area is 173 Å². The van der Waals surface area contributed by atoms with Gasteiger partial charge in [-0.3, -0.25) is 9.69 Å². The second kappa shape index (κ2) is 10.7. The summed E-state index contributed by atoms with van der Waals surface area (Å²) < 4.78 is 11.1. The van der Waals surface area contributed by atoms with E-state index in [1.165, 1.54) is 5.56 Å². The number of allylic oxidation sites excluding steroid dienone is 1. The lowest BCUT2D eigenvalue weighted by molar-refractivity contribution is -0.124. The summed E-state index contributed by atoms with van der Waals surface area (Å²) in [7, 11) is 1.60. The molecule has 1 aliphatic heterocycles. The second-order valence-corrected chi connectivity index (χ2v) is 7.30. The normalized spacial score (nSPS) is 15.4. The number of piperidine rings is 1. The molecule has 5 nitrogen and oxygen atoms in total. The van der Waals surface area contributed by atoms with Gasteiger partial charge in [0.25, 0.3) is 5.91 Å². The predicted octanol–water partition coefficient (Wildman–Crippen LogP) is 3.89. The summed E-state index contributed by atoms with van der Waals surface area (Å²) in [6.45, 7) is 4.90. The van der Waals surface area contributed by atoms with E-state index in [1.807, 2.05) is 43.3 Å². The number of hydrogen-bond donors (Lipinski definition) is 1. The number of amides is 1. The van der Waals surface area contributed by atoms with Crippen molar-refractivity contribution in [3.8, 4) is 11.5 Å². The largest absolute Gasteiger partial charge is 0.493 e. The quantitative estimate of drug-likeness (QED) is 0.738. The van der Waals surface area contributed by atoms with E-state index in [1.54, 1.807) is 7.11 Å². The van der Waals surface area contributed by atoms with Crippen LogP contribution in [0.15, 0.2) is 54.6 Å². The van der Waals surface area contributed by atoms with E-state index in [2.05, 4.69) is 34.5 Å². The van der Waals surface area contributed by atoms with Crippen LogP contribution in [0.25, 0.3) is 6.08 Å². The van der Waals surface area contributed by atoms with Crippen molar-refractivity contribution in [3.05, 3.63) is 65.7 Å². The minimum atomic E-state index is -0.0916. The van der Waals surface area contributed by atoms with Gasteiger partial charge in [0.05, 0.1) is 7.11 Å². The maximum absolute atomic E-state index is 12.3. The number of carbonyl (C=O) groups is 1. The smallest absolute Gasteiger partial charge is 0.258 e. The minimum Gasteiger partial charge on any atom is -0.493 e. The third-order valence-electron chi connectivity index (χ3n) is 5.11. The van der Waals surface area contributed by atoms with Crippen molar-refractivity contribution in [3.63, 3.8) is 0 Å². The molecular weight excluding hydrogens is 364 g/mol. The van der Waals surface area contributed by atoms with Crippen LogP contribution in [0.1, 0.15) is 30.9 Å². The average molecular weight is 395 g/mol. The Kier molecular flexibility index (Phi) is 7.70. The highest BCUT2D eigenvalue weighted by atomic mass is 16.5. The number of hydrogen-bond acceptors (Lipinski definition) is 4. The van der Waals surface area contributed by atoms with Gasteiger partial charge in [-0.1, -0.05) is 48.6 Å². The summed E-state index contributed by atoms with van der Waals surface area (Å²) in [5.41, 5.74) is 2.36. The lowest BCUT2D eigenvalue weighted by Crippen LogP contribution is -2.45. The summed E-state index contributed by atoms with van der Waals surface area (Å²) in [5, 5.41) is 3.10. The maximum Gasteiger partial charge on any atom is 0.258 e. The number of likely N-dealkylation sites (tertiary alicyclic amines) is 1. The van der Waals surface area contributed by atoms with E-state index in [0.717, 1.165) is 38.0 Å². The Morgan fingerprint density at radius 1 is 1.14 bits per heavy atom. The molecule has 0 aliphatic carbocycles. The van der Waals surface area contributed by atoms with Crippen molar-refractivity contribution in [1.29, 1.82) is 0 Å². The average Bonchev–Trinajstić information content (AvgIpc) is 2.75. The van der Waals surface area contributed by atoms with Gasteiger partial charge in [0, 0.05) is 25.7 Å². The van der Waals surface area contributed by atoms with Crippen LogP contribution in [0.5, 0.6) is 11.5 Å². The molecule has 3 rings (SSSR count). The first-order chi connectivity index (χ1) is 14.2. The third-order valence-corrected chi connectivity index (χ3v) is 5.11. The summed E-state index contributed by atoms with van der Waals surface area (Å²) in [6.07, 6.45) is 5.87. The highest BCUT2D eigenvalue weighted by Crippen LogP contribution is 2.28. The molecule has 154 valence electrons. The van der Waals surface area contributed by atoms with Crippen LogP contribution in [0, 0.1) is 0 Å². The van der Waals surface area contributed by atoms with Gasteiger partial charge in [-0.25, -0.2) is 0 Å². The lowest BCUT2D eigenvalue weighted by atomic mass is 10.0. The number of benzene rings is 2. The molecule has 2 aromatic carbocycles. The molecule has 1 amide bonds. The first kappa shape index (κ1) is 20.9. The van der Waals surface area contributed by atoms with Gasteiger partial charge >= 0.3 is 0 Å². The zero-order chi connectivity index (χ0) is 20.5. The molecular formula is C24H30N2O3. The number of methoxy groups -OCH3 is 1. The van der Waals surface area contributed by atoms with Crippen molar-refractivity contribution in [2.75, 3.05) is 26.8 Å². The molecule has 1 aliphatic rings. The predicted molar refractivity (Wildman–Crippen MR) is 116 cm³/mol. The van der Waals surface area contributed by atoms with E-state index >= 15 is 0 Å². The fourth-order valence-electron chi connectivity index (χ4n) is 3.59. The number of carbonyl (C=O) groups excluding carboxylic acids is 1. The van der Waals surface area contributed by atoms with Crippen molar-refractivity contribution in [2.45, 2.75) is 32.4 Å². The number of ether oxygens (including phenoxy) is 2. The molecule has 0 radical (unpaired) electrons. The molecule has 0 saturated carbocycles. The standard InChI is InChI=1S/C24H30N2O3/c1-3-7-19-10-11-22(23(16-19)28-2)29-18-24(27)25-21-12-14-26(15-13-21)17-20-8-5-4-6-9-20/h3-11,16,21H,12-15,17-18H2,1-2H3,(H,25,27)/b7-3+. The highest BCUT2D eigenvalue weighted by Gasteiger charge is 2.21. The fraction of sp³-hybridized carbons (Fsp3) is 0.375. The second-order valence-electron chi connectivity index (χ2n) is 7.30. The van der Waals surface area contributed by atoms with Gasteiger partial charge in [-0.2, -0.15) is 0 Å². The Balaban J connectivity index is 1.42. The number of rotatable bonds is 8. The Hall–Kier alpha value is -2.79. The Morgan fingerprint density at radius 3 is 2.59 bits per heavy atom. The lowest BCUT2D eigenvalue weighted by Gasteiger charge is -2.32. The van der Waals surface area contributed by atoms with Crippen LogP contribution >= 0.6 is 0 Å². The SMILES string of the molecule is C/C=C/c1ccc(OCC(=O)NC2CCN(Cc3ccccc3)CC2)c(OC)c1. The van der Waals surface area contributed by atoms with E-state index in [4.69, 9.17) is 9.47 Å². The van der Waals surface area contributed by atoms with E-state index in [9.17, 15) is 4.79 Å². The van der Waals surface area contributed by atoms with Crippen LogP contribution in [-0.4, -0.2) is 43.7 Å². The Bertz CT molecular complexity index is 812.